The molecule has 1 aliphatic heterocycles. The summed E-state index contributed by atoms with van der Waals surface area (Å²) in [7, 11) is 4.16. The Morgan fingerprint density at radius 1 is 0.909 bits per heavy atom. The fourth-order valence-corrected chi connectivity index (χ4v) is 2.30. The topological polar surface area (TPSA) is 73.9 Å². The fourth-order valence-electron chi connectivity index (χ4n) is 2.30. The van der Waals surface area contributed by atoms with Gasteiger partial charge in [0, 0.05) is 12.4 Å². The minimum atomic E-state index is -0.563. The van der Waals surface area contributed by atoms with E-state index in [2.05, 4.69) is 5.32 Å². The van der Waals surface area contributed by atoms with Crippen LogP contribution in [0.2, 0.25) is 0 Å². The Morgan fingerprint density at radius 2 is 1.41 bits per heavy atom. The van der Waals surface area contributed by atoms with Crippen LogP contribution < -0.4 is 10.1 Å². The smallest absolute Gasteiger partial charge is 0.336 e. The number of esters is 2. The normalized spacial score (nSPS) is 14.3. The maximum Gasteiger partial charge on any atom is 0.336 e. The standard InChI is InChI=1S/C16H17NO5/c1-20-11-6-4-10(5-7-11)14-12(15(18)21-2)8-17-9-13(14)16(19)22-3/h4-9,14,17H,1-3H3. The largest absolute Gasteiger partial charge is 0.497 e. The molecule has 0 spiro atoms. The number of carbonyl (C=O) groups excluding carboxylic acids is 2. The molecule has 0 unspecified atom stereocenters. The van der Waals surface area contributed by atoms with Gasteiger partial charge >= 0.3 is 11.9 Å². The van der Waals surface area contributed by atoms with Gasteiger partial charge in [0.2, 0.25) is 0 Å². The van der Waals surface area contributed by atoms with Crippen LogP contribution in [0.1, 0.15) is 11.5 Å². The van der Waals surface area contributed by atoms with E-state index in [4.69, 9.17) is 14.2 Å². The molecule has 116 valence electrons. The molecule has 0 fully saturated rings. The Balaban J connectivity index is 2.47. The molecule has 0 saturated carbocycles. The van der Waals surface area contributed by atoms with Gasteiger partial charge in [-0.25, -0.2) is 9.59 Å². The Bertz CT molecular complexity index is 598. The highest BCUT2D eigenvalue weighted by Crippen LogP contribution is 2.35. The SMILES string of the molecule is COC(=O)C1=CNC=C(C(=O)OC)C1c1ccc(OC)cc1. The van der Waals surface area contributed by atoms with Crippen molar-refractivity contribution in [1.29, 1.82) is 0 Å². The van der Waals surface area contributed by atoms with Crippen LogP contribution in [0.4, 0.5) is 0 Å². The molecule has 0 atom stereocenters. The van der Waals surface area contributed by atoms with E-state index in [1.165, 1.54) is 26.6 Å². The molecule has 1 aromatic carbocycles. The second-order valence-corrected chi connectivity index (χ2v) is 4.56. The van der Waals surface area contributed by atoms with Crippen LogP contribution in [0, 0.1) is 0 Å². The number of methoxy groups -OCH3 is 3. The van der Waals surface area contributed by atoms with Crippen molar-refractivity contribution in [2.45, 2.75) is 5.92 Å². The molecule has 6 nitrogen and oxygen atoms in total. The van der Waals surface area contributed by atoms with Crippen LogP contribution in [0.15, 0.2) is 47.8 Å². The average Bonchev–Trinajstić information content (AvgIpc) is 2.59. The van der Waals surface area contributed by atoms with E-state index in [1.54, 1.807) is 31.4 Å². The van der Waals surface area contributed by atoms with Crippen molar-refractivity contribution >= 4 is 11.9 Å². The van der Waals surface area contributed by atoms with E-state index in [0.29, 0.717) is 16.9 Å². The van der Waals surface area contributed by atoms with Crippen molar-refractivity contribution in [2.24, 2.45) is 0 Å². The summed E-state index contributed by atoms with van der Waals surface area (Å²) in [6, 6.07) is 7.12. The van der Waals surface area contributed by atoms with Gasteiger partial charge in [0.25, 0.3) is 0 Å². The number of carbonyl (C=O) groups is 2. The Kier molecular flexibility index (Phi) is 4.83. The van der Waals surface area contributed by atoms with Crippen molar-refractivity contribution in [3.63, 3.8) is 0 Å². The van der Waals surface area contributed by atoms with Crippen molar-refractivity contribution < 1.29 is 23.8 Å². The third-order valence-corrected chi connectivity index (χ3v) is 3.39. The first kappa shape index (κ1) is 15.6. The summed E-state index contributed by atoms with van der Waals surface area (Å²) in [4.78, 5) is 24.0. The first-order valence-electron chi connectivity index (χ1n) is 6.59. The average molecular weight is 303 g/mol. The molecule has 2 rings (SSSR count). The molecule has 1 aromatic rings. The molecule has 0 aliphatic carbocycles. The van der Waals surface area contributed by atoms with Gasteiger partial charge in [0.05, 0.1) is 38.4 Å². The van der Waals surface area contributed by atoms with E-state index >= 15 is 0 Å². The van der Waals surface area contributed by atoms with Crippen molar-refractivity contribution in [2.75, 3.05) is 21.3 Å². The van der Waals surface area contributed by atoms with E-state index in [-0.39, 0.29) is 0 Å². The summed E-state index contributed by atoms with van der Waals surface area (Å²) < 4.78 is 14.7. The summed E-state index contributed by atoms with van der Waals surface area (Å²) in [5.74, 6) is -0.900. The maximum absolute atomic E-state index is 12.0. The minimum Gasteiger partial charge on any atom is -0.497 e. The van der Waals surface area contributed by atoms with Gasteiger partial charge in [-0.05, 0) is 17.7 Å². The first-order chi connectivity index (χ1) is 10.6. The fraction of sp³-hybridized carbons (Fsp3) is 0.250. The number of hydrogen-bond donors (Lipinski definition) is 1. The molecular formula is C16H17NO5. The summed E-state index contributed by atoms with van der Waals surface area (Å²) in [5, 5.41) is 2.79. The van der Waals surface area contributed by atoms with Crippen molar-refractivity contribution in [3.8, 4) is 5.75 Å². The second kappa shape index (κ2) is 6.80. The van der Waals surface area contributed by atoms with E-state index in [1.807, 2.05) is 0 Å². The van der Waals surface area contributed by atoms with E-state index in [0.717, 1.165) is 5.56 Å². The highest BCUT2D eigenvalue weighted by molar-refractivity contribution is 5.98. The summed E-state index contributed by atoms with van der Waals surface area (Å²) in [5.41, 5.74) is 1.42. The summed E-state index contributed by atoms with van der Waals surface area (Å²) in [6.07, 6.45) is 3.04. The lowest BCUT2D eigenvalue weighted by atomic mass is 9.83. The molecule has 6 heteroatoms. The number of dihydropyridines is 1. The van der Waals surface area contributed by atoms with Crippen molar-refractivity contribution in [1.82, 2.24) is 5.32 Å². The molecule has 1 aliphatic rings. The Hall–Kier alpha value is -2.76. The van der Waals surface area contributed by atoms with E-state index in [9.17, 15) is 9.59 Å². The molecule has 0 radical (unpaired) electrons. The lowest BCUT2D eigenvalue weighted by molar-refractivity contribution is -0.137. The van der Waals surface area contributed by atoms with Crippen LogP contribution in [0.5, 0.6) is 5.75 Å². The molecule has 0 amide bonds. The van der Waals surface area contributed by atoms with Crippen LogP contribution in [0.25, 0.3) is 0 Å². The number of benzene rings is 1. The molecule has 0 bridgehead atoms. The number of nitrogens with one attached hydrogen (secondary N) is 1. The molecule has 0 saturated heterocycles. The zero-order chi connectivity index (χ0) is 16.1. The molecule has 22 heavy (non-hydrogen) atoms. The Labute approximate surface area is 128 Å². The van der Waals surface area contributed by atoms with Gasteiger partial charge in [-0.15, -0.1) is 0 Å². The van der Waals surface area contributed by atoms with Gasteiger partial charge in [0.15, 0.2) is 0 Å². The van der Waals surface area contributed by atoms with Gasteiger partial charge in [-0.3, -0.25) is 0 Å². The maximum atomic E-state index is 12.0. The molecule has 1 heterocycles. The third kappa shape index (κ3) is 2.95. The van der Waals surface area contributed by atoms with Crippen LogP contribution in [-0.4, -0.2) is 33.3 Å². The number of hydrogen-bond acceptors (Lipinski definition) is 6. The molecule has 1 N–H and O–H groups in total. The summed E-state index contributed by atoms with van der Waals surface area (Å²) in [6.45, 7) is 0. The second-order valence-electron chi connectivity index (χ2n) is 4.56. The highest BCUT2D eigenvalue weighted by atomic mass is 16.5. The third-order valence-electron chi connectivity index (χ3n) is 3.39. The van der Waals surface area contributed by atoms with Gasteiger partial charge in [0.1, 0.15) is 5.75 Å². The molecule has 0 aromatic heterocycles. The van der Waals surface area contributed by atoms with Crippen LogP contribution in [0.3, 0.4) is 0 Å². The van der Waals surface area contributed by atoms with Gasteiger partial charge < -0.3 is 19.5 Å². The predicted molar refractivity (Wildman–Crippen MR) is 79.1 cm³/mol. The zero-order valence-electron chi connectivity index (χ0n) is 12.6. The quantitative estimate of drug-likeness (QED) is 0.850. The highest BCUT2D eigenvalue weighted by Gasteiger charge is 2.33. The van der Waals surface area contributed by atoms with Crippen molar-refractivity contribution in [3.05, 3.63) is 53.4 Å². The van der Waals surface area contributed by atoms with Gasteiger partial charge in [-0.1, -0.05) is 12.1 Å². The first-order valence-corrected chi connectivity index (χ1v) is 6.59. The van der Waals surface area contributed by atoms with Gasteiger partial charge in [-0.2, -0.15) is 0 Å². The van der Waals surface area contributed by atoms with Crippen LogP contribution >= 0.6 is 0 Å². The van der Waals surface area contributed by atoms with E-state index < -0.39 is 17.9 Å². The summed E-state index contributed by atoms with van der Waals surface area (Å²) >= 11 is 0. The monoisotopic (exact) mass is 303 g/mol. The number of ether oxygens (including phenoxy) is 3. The lowest BCUT2D eigenvalue weighted by Crippen LogP contribution is -2.26. The van der Waals surface area contributed by atoms with Crippen LogP contribution in [-0.2, 0) is 19.1 Å². The lowest BCUT2D eigenvalue weighted by Gasteiger charge is -2.24. The zero-order valence-corrected chi connectivity index (χ0v) is 12.6. The Morgan fingerprint density at radius 3 is 1.82 bits per heavy atom. The minimum absolute atomic E-state index is 0.329. The number of rotatable bonds is 4. The predicted octanol–water partition coefficient (Wildman–Crippen LogP) is 1.50. The molecular weight excluding hydrogens is 286 g/mol.